The van der Waals surface area contributed by atoms with Gasteiger partial charge < -0.3 is 14.8 Å². The van der Waals surface area contributed by atoms with E-state index in [1.165, 1.54) is 7.05 Å². The predicted molar refractivity (Wildman–Crippen MR) is 39.5 cm³/mol. The highest BCUT2D eigenvalue weighted by atomic mass is 19.3. The number of alkyl carbamates (subject to hydrolysis) is 1. The number of amides is 1. The Kier molecular flexibility index (Phi) is 3.02. The van der Waals surface area contributed by atoms with E-state index in [-0.39, 0.29) is 6.61 Å². The number of carbonyl (C=O) groups is 1. The Morgan fingerprint density at radius 1 is 1.62 bits per heavy atom. The molecule has 0 atom stereocenters. The molecule has 0 unspecified atom stereocenters. The Bertz CT molecular complexity index is 194. The van der Waals surface area contributed by atoms with Crippen LogP contribution in [0.3, 0.4) is 0 Å². The van der Waals surface area contributed by atoms with Crippen LogP contribution in [0, 0.1) is 0 Å². The van der Waals surface area contributed by atoms with Crippen molar-refractivity contribution in [1.29, 1.82) is 0 Å². The van der Waals surface area contributed by atoms with E-state index in [9.17, 15) is 13.6 Å². The quantitative estimate of drug-likeness (QED) is 0.731. The van der Waals surface area contributed by atoms with Gasteiger partial charge in [-0.15, -0.1) is 0 Å². The molecule has 6 heteroatoms. The van der Waals surface area contributed by atoms with Crippen molar-refractivity contribution in [2.45, 2.75) is 25.1 Å². The molecule has 1 amide bonds. The predicted octanol–water partition coefficient (Wildman–Crippen LogP) is 1.11. The number of halogens is 2. The van der Waals surface area contributed by atoms with Gasteiger partial charge in [-0.25, -0.2) is 4.79 Å². The van der Waals surface area contributed by atoms with Crippen LogP contribution in [0.15, 0.2) is 0 Å². The van der Waals surface area contributed by atoms with Crippen LogP contribution in [-0.2, 0) is 9.47 Å². The summed E-state index contributed by atoms with van der Waals surface area (Å²) in [4.78, 5) is 10.7. The minimum absolute atomic E-state index is 0.238. The van der Waals surface area contributed by atoms with Crippen LogP contribution in [0.5, 0.6) is 0 Å². The molecule has 0 aliphatic heterocycles. The van der Waals surface area contributed by atoms with E-state index >= 15 is 0 Å². The first kappa shape index (κ1) is 10.2. The first-order valence-corrected chi connectivity index (χ1v) is 3.88. The normalized spacial score (nSPS) is 18.5. The third-order valence-electron chi connectivity index (χ3n) is 1.79. The largest absolute Gasteiger partial charge is 0.440 e. The second-order valence-corrected chi connectivity index (χ2v) is 2.89. The average molecular weight is 195 g/mol. The minimum atomic E-state index is -2.81. The van der Waals surface area contributed by atoms with Crippen LogP contribution >= 0.6 is 0 Å². The topological polar surface area (TPSA) is 47.6 Å². The number of hydrogen-bond acceptors (Lipinski definition) is 3. The monoisotopic (exact) mass is 195 g/mol. The molecule has 0 bridgehead atoms. The molecule has 76 valence electrons. The molecule has 13 heavy (non-hydrogen) atoms. The fourth-order valence-electron chi connectivity index (χ4n) is 0.878. The number of hydrogen-bond donors (Lipinski definition) is 1. The van der Waals surface area contributed by atoms with Gasteiger partial charge in [-0.3, -0.25) is 0 Å². The van der Waals surface area contributed by atoms with Gasteiger partial charge >= 0.3 is 12.7 Å². The molecule has 4 nitrogen and oxygen atoms in total. The van der Waals surface area contributed by atoms with Gasteiger partial charge in [-0.2, -0.15) is 8.78 Å². The summed E-state index contributed by atoms with van der Waals surface area (Å²) in [5.41, 5.74) is -0.809. The Balaban J connectivity index is 2.26. The van der Waals surface area contributed by atoms with Crippen LogP contribution in [0.2, 0.25) is 0 Å². The van der Waals surface area contributed by atoms with E-state index in [1.54, 1.807) is 0 Å². The van der Waals surface area contributed by atoms with Gasteiger partial charge in [-0.05, 0) is 12.8 Å². The third kappa shape index (κ3) is 3.14. The van der Waals surface area contributed by atoms with E-state index in [4.69, 9.17) is 4.74 Å². The lowest BCUT2D eigenvalue weighted by Gasteiger charge is -2.15. The fourth-order valence-corrected chi connectivity index (χ4v) is 0.878. The molecule has 1 saturated carbocycles. The lowest BCUT2D eigenvalue weighted by Crippen LogP contribution is -2.31. The van der Waals surface area contributed by atoms with E-state index in [1.807, 2.05) is 0 Å². The molecule has 0 aromatic carbocycles. The standard InChI is InChI=1S/C7H11F2NO3/c1-10-6(11)13-7(2-3-7)4-12-5(8)9/h5H,2-4H2,1H3,(H,10,11). The molecule has 1 N–H and O–H groups in total. The van der Waals surface area contributed by atoms with Gasteiger partial charge in [0.15, 0.2) is 0 Å². The zero-order chi connectivity index (χ0) is 9.90. The average Bonchev–Trinajstić information content (AvgIpc) is 2.82. The summed E-state index contributed by atoms with van der Waals surface area (Å²) in [5.74, 6) is 0. The zero-order valence-corrected chi connectivity index (χ0v) is 7.18. The number of rotatable bonds is 4. The summed E-state index contributed by atoms with van der Waals surface area (Å²) in [7, 11) is 1.41. The number of carbonyl (C=O) groups excluding carboxylic acids is 1. The van der Waals surface area contributed by atoms with E-state index in [2.05, 4.69) is 10.1 Å². The molecule has 1 fully saturated rings. The van der Waals surface area contributed by atoms with Gasteiger partial charge in [0.2, 0.25) is 0 Å². The van der Waals surface area contributed by atoms with Crippen molar-refractivity contribution in [3.05, 3.63) is 0 Å². The van der Waals surface area contributed by atoms with Gasteiger partial charge in [0, 0.05) is 7.05 Å². The van der Waals surface area contributed by atoms with Gasteiger partial charge in [0.05, 0.1) is 6.61 Å². The highest BCUT2D eigenvalue weighted by Crippen LogP contribution is 2.40. The molecule has 1 rings (SSSR count). The van der Waals surface area contributed by atoms with Gasteiger partial charge in [-0.1, -0.05) is 0 Å². The van der Waals surface area contributed by atoms with E-state index in [0.717, 1.165) is 0 Å². The summed E-state index contributed by atoms with van der Waals surface area (Å²) in [5, 5.41) is 2.24. The highest BCUT2D eigenvalue weighted by molar-refractivity contribution is 5.67. The molecular weight excluding hydrogens is 184 g/mol. The molecule has 0 saturated heterocycles. The minimum Gasteiger partial charge on any atom is -0.440 e. The van der Waals surface area contributed by atoms with Crippen LogP contribution in [0.4, 0.5) is 13.6 Å². The van der Waals surface area contributed by atoms with Crippen molar-refractivity contribution in [3.8, 4) is 0 Å². The van der Waals surface area contributed by atoms with E-state index in [0.29, 0.717) is 12.8 Å². The van der Waals surface area contributed by atoms with E-state index < -0.39 is 18.3 Å². The lowest BCUT2D eigenvalue weighted by molar-refractivity contribution is -0.152. The summed E-state index contributed by atoms with van der Waals surface area (Å²) in [6.07, 6.45) is 0.538. The van der Waals surface area contributed by atoms with Crippen molar-refractivity contribution in [2.24, 2.45) is 0 Å². The van der Waals surface area contributed by atoms with Gasteiger partial charge in [0.1, 0.15) is 5.60 Å². The molecule has 0 heterocycles. The molecule has 1 aliphatic carbocycles. The zero-order valence-electron chi connectivity index (χ0n) is 7.18. The van der Waals surface area contributed by atoms with Crippen LogP contribution in [-0.4, -0.2) is 32.0 Å². The van der Waals surface area contributed by atoms with Crippen molar-refractivity contribution in [3.63, 3.8) is 0 Å². The number of nitrogens with one attached hydrogen (secondary N) is 1. The second kappa shape index (κ2) is 3.87. The van der Waals surface area contributed by atoms with Crippen LogP contribution in [0.1, 0.15) is 12.8 Å². The summed E-state index contributed by atoms with van der Waals surface area (Å²) in [6, 6.07) is 0. The Hall–Kier alpha value is -0.910. The second-order valence-electron chi connectivity index (χ2n) is 2.89. The molecule has 0 aromatic rings. The third-order valence-corrected chi connectivity index (χ3v) is 1.79. The van der Waals surface area contributed by atoms with Crippen molar-refractivity contribution in [2.75, 3.05) is 13.7 Å². The summed E-state index contributed by atoms with van der Waals surface area (Å²) in [6.45, 7) is -3.05. The fraction of sp³-hybridized carbons (Fsp3) is 0.857. The molecule has 0 spiro atoms. The Morgan fingerprint density at radius 3 is 2.62 bits per heavy atom. The van der Waals surface area contributed by atoms with Crippen LogP contribution in [0.25, 0.3) is 0 Å². The Morgan fingerprint density at radius 2 is 2.23 bits per heavy atom. The molecule has 1 aliphatic rings. The van der Waals surface area contributed by atoms with Crippen molar-refractivity contribution >= 4 is 6.09 Å². The van der Waals surface area contributed by atoms with Crippen molar-refractivity contribution < 1.29 is 23.0 Å². The van der Waals surface area contributed by atoms with Crippen LogP contribution < -0.4 is 5.32 Å². The first-order chi connectivity index (χ1) is 6.08. The SMILES string of the molecule is CNC(=O)OC1(COC(F)F)CC1. The summed E-state index contributed by atoms with van der Waals surface area (Å²) < 4.78 is 32.2. The van der Waals surface area contributed by atoms with Crippen molar-refractivity contribution in [1.82, 2.24) is 5.32 Å². The Labute approximate surface area is 74.2 Å². The smallest absolute Gasteiger partial charge is 0.407 e. The maximum Gasteiger partial charge on any atom is 0.407 e. The maximum absolute atomic E-state index is 11.6. The van der Waals surface area contributed by atoms with Gasteiger partial charge in [0.25, 0.3) is 0 Å². The maximum atomic E-state index is 11.6. The lowest BCUT2D eigenvalue weighted by atomic mass is 10.4. The first-order valence-electron chi connectivity index (χ1n) is 3.88. The molecule has 0 radical (unpaired) electrons. The molecular formula is C7H11F2NO3. The number of ether oxygens (including phenoxy) is 2. The number of alkyl halides is 2. The molecule has 0 aromatic heterocycles. The summed E-state index contributed by atoms with van der Waals surface area (Å²) >= 11 is 0. The highest BCUT2D eigenvalue weighted by Gasteiger charge is 2.47.